The number of hydrogen-bond acceptors (Lipinski definition) is 6. The number of sulfonamides is 1. The Morgan fingerprint density at radius 3 is 2.68 bits per heavy atom. The summed E-state index contributed by atoms with van der Waals surface area (Å²) in [5.41, 5.74) is 2.02. The fourth-order valence-electron chi connectivity index (χ4n) is 4.22. The number of benzene rings is 1. The van der Waals surface area contributed by atoms with Gasteiger partial charge in [-0.2, -0.15) is 0 Å². The minimum Gasteiger partial charge on any atom is -0.296 e. The number of carbonyl (C=O) groups excluding carboxylic acids is 1. The van der Waals surface area contributed by atoms with Crippen LogP contribution in [0, 0.1) is 0 Å². The molecular weight excluding hydrogens is 396 g/mol. The summed E-state index contributed by atoms with van der Waals surface area (Å²) in [7, 11) is -3.34. The van der Waals surface area contributed by atoms with E-state index in [0.717, 1.165) is 23.4 Å². The van der Waals surface area contributed by atoms with Gasteiger partial charge in [0.05, 0.1) is 11.9 Å². The molecule has 9 heteroatoms. The molecule has 4 rings (SSSR count). The number of anilines is 2. The Labute approximate surface area is 169 Å². The van der Waals surface area contributed by atoms with Gasteiger partial charge >= 0.3 is 0 Å². The first-order chi connectivity index (χ1) is 13.3. The van der Waals surface area contributed by atoms with Gasteiger partial charge in [0, 0.05) is 17.5 Å². The maximum atomic E-state index is 12.7. The summed E-state index contributed by atoms with van der Waals surface area (Å²) in [5, 5.41) is 12.8. The van der Waals surface area contributed by atoms with E-state index in [2.05, 4.69) is 15.5 Å². The molecule has 0 bridgehead atoms. The second-order valence-electron chi connectivity index (χ2n) is 7.69. The number of nitrogens with one attached hydrogen (secondary N) is 1. The van der Waals surface area contributed by atoms with Gasteiger partial charge in [0.25, 0.3) is 5.91 Å². The quantitative estimate of drug-likeness (QED) is 0.817. The molecule has 28 heavy (non-hydrogen) atoms. The van der Waals surface area contributed by atoms with Crippen molar-refractivity contribution in [2.24, 2.45) is 0 Å². The van der Waals surface area contributed by atoms with Crippen LogP contribution < -0.4 is 9.62 Å². The maximum Gasteiger partial charge on any atom is 0.257 e. The molecule has 1 aromatic carbocycles. The molecular formula is C19H24N4O3S2. The topological polar surface area (TPSA) is 92.3 Å². The molecule has 2 heterocycles. The third-order valence-electron chi connectivity index (χ3n) is 5.47. The highest BCUT2D eigenvalue weighted by Crippen LogP contribution is 2.36. The zero-order valence-electron chi connectivity index (χ0n) is 16.0. The van der Waals surface area contributed by atoms with Crippen molar-refractivity contribution in [2.45, 2.75) is 57.4 Å². The fraction of sp³-hybridized carbons (Fsp3) is 0.526. The molecule has 1 aromatic heterocycles. The molecule has 0 radical (unpaired) electrons. The Kier molecular flexibility index (Phi) is 5.13. The highest BCUT2D eigenvalue weighted by molar-refractivity contribution is 7.92. The third-order valence-corrected chi connectivity index (χ3v) is 7.74. The summed E-state index contributed by atoms with van der Waals surface area (Å²) in [6.45, 7) is 1.87. The first-order valence-electron chi connectivity index (χ1n) is 9.60. The molecule has 1 saturated carbocycles. The maximum absolute atomic E-state index is 12.7. The van der Waals surface area contributed by atoms with Gasteiger partial charge in [-0.05, 0) is 49.9 Å². The van der Waals surface area contributed by atoms with Crippen LogP contribution >= 0.6 is 11.3 Å². The normalized spacial score (nSPS) is 20.2. The lowest BCUT2D eigenvalue weighted by Gasteiger charge is -2.21. The molecule has 150 valence electrons. The molecule has 2 aliphatic rings. The number of nitrogens with zero attached hydrogens (tertiary/aromatic N) is 3. The molecule has 1 aliphatic heterocycles. The molecule has 1 unspecified atom stereocenters. The minimum atomic E-state index is -3.34. The first-order valence-corrected chi connectivity index (χ1v) is 12.3. The van der Waals surface area contributed by atoms with Crippen molar-refractivity contribution in [2.75, 3.05) is 15.9 Å². The molecule has 1 N–H and O–H groups in total. The molecule has 7 nitrogen and oxygen atoms in total. The van der Waals surface area contributed by atoms with E-state index in [9.17, 15) is 13.2 Å². The molecule has 0 saturated heterocycles. The lowest BCUT2D eigenvalue weighted by atomic mass is 9.90. The highest BCUT2D eigenvalue weighted by Gasteiger charge is 2.32. The summed E-state index contributed by atoms with van der Waals surface area (Å²) >= 11 is 1.45. The molecule has 1 atom stereocenters. The van der Waals surface area contributed by atoms with E-state index in [0.29, 0.717) is 28.7 Å². The van der Waals surface area contributed by atoms with Crippen molar-refractivity contribution in [3.05, 3.63) is 34.3 Å². The van der Waals surface area contributed by atoms with Gasteiger partial charge in [0.2, 0.25) is 15.2 Å². The first kappa shape index (κ1) is 19.3. The van der Waals surface area contributed by atoms with Crippen molar-refractivity contribution in [3.8, 4) is 0 Å². The predicted molar refractivity (Wildman–Crippen MR) is 111 cm³/mol. The van der Waals surface area contributed by atoms with Crippen LogP contribution in [-0.2, 0) is 16.4 Å². The van der Waals surface area contributed by atoms with E-state index < -0.39 is 10.0 Å². The van der Waals surface area contributed by atoms with Crippen molar-refractivity contribution >= 4 is 38.1 Å². The van der Waals surface area contributed by atoms with Gasteiger partial charge in [-0.1, -0.05) is 30.6 Å². The van der Waals surface area contributed by atoms with Crippen molar-refractivity contribution < 1.29 is 13.2 Å². The van der Waals surface area contributed by atoms with E-state index in [1.807, 2.05) is 6.92 Å². The monoisotopic (exact) mass is 420 g/mol. The average molecular weight is 421 g/mol. The smallest absolute Gasteiger partial charge is 0.257 e. The van der Waals surface area contributed by atoms with E-state index in [-0.39, 0.29) is 11.9 Å². The van der Waals surface area contributed by atoms with Gasteiger partial charge in [0.1, 0.15) is 5.01 Å². The van der Waals surface area contributed by atoms with Gasteiger partial charge in [-0.3, -0.25) is 14.4 Å². The number of carbonyl (C=O) groups is 1. The summed E-state index contributed by atoms with van der Waals surface area (Å²) in [6.07, 6.45) is 7.82. The number of hydrogen-bond donors (Lipinski definition) is 1. The lowest BCUT2D eigenvalue weighted by Crippen LogP contribution is -2.34. The molecule has 1 amide bonds. The van der Waals surface area contributed by atoms with Crippen LogP contribution in [0.1, 0.15) is 65.9 Å². The average Bonchev–Trinajstić information content (AvgIpc) is 3.24. The Morgan fingerprint density at radius 2 is 1.96 bits per heavy atom. The highest BCUT2D eigenvalue weighted by atomic mass is 32.2. The van der Waals surface area contributed by atoms with E-state index >= 15 is 0 Å². The van der Waals surface area contributed by atoms with Crippen LogP contribution in [0.4, 0.5) is 10.8 Å². The summed E-state index contributed by atoms with van der Waals surface area (Å²) < 4.78 is 25.5. The van der Waals surface area contributed by atoms with Crippen LogP contribution in [0.25, 0.3) is 0 Å². The second kappa shape index (κ2) is 7.44. The van der Waals surface area contributed by atoms with Gasteiger partial charge in [-0.15, -0.1) is 10.2 Å². The largest absolute Gasteiger partial charge is 0.296 e. The molecule has 0 spiro atoms. The fourth-order valence-corrected chi connectivity index (χ4v) is 6.39. The summed E-state index contributed by atoms with van der Waals surface area (Å²) in [6, 6.07) is 5.00. The third kappa shape index (κ3) is 3.77. The lowest BCUT2D eigenvalue weighted by molar-refractivity contribution is 0.102. The number of fused-ring (bicyclic) bond motifs is 1. The van der Waals surface area contributed by atoms with Crippen LogP contribution in [0.5, 0.6) is 0 Å². The standard InChI is InChI=1S/C19H24N4O3S2/c1-12-10-15-11-14(8-9-16(15)23(12)28(2,25)26)17(24)20-19-22-21-18(27-19)13-6-4-3-5-7-13/h8-9,11-13H,3-7,10H2,1-2H3,(H,20,22,24). The van der Waals surface area contributed by atoms with E-state index in [1.54, 1.807) is 18.2 Å². The predicted octanol–water partition coefficient (Wildman–Crippen LogP) is 3.55. The Morgan fingerprint density at radius 1 is 1.21 bits per heavy atom. The Hall–Kier alpha value is -2.00. The van der Waals surface area contributed by atoms with Crippen molar-refractivity contribution in [1.29, 1.82) is 0 Å². The van der Waals surface area contributed by atoms with Crippen molar-refractivity contribution in [1.82, 2.24) is 10.2 Å². The zero-order valence-corrected chi connectivity index (χ0v) is 17.6. The number of aromatic nitrogens is 2. The number of amides is 1. The van der Waals surface area contributed by atoms with E-state index in [4.69, 9.17) is 0 Å². The molecule has 1 fully saturated rings. The van der Waals surface area contributed by atoms with Gasteiger partial charge < -0.3 is 0 Å². The zero-order chi connectivity index (χ0) is 19.9. The van der Waals surface area contributed by atoms with Crippen LogP contribution in [-0.4, -0.2) is 36.8 Å². The molecule has 1 aliphatic carbocycles. The van der Waals surface area contributed by atoms with Crippen LogP contribution in [0.15, 0.2) is 18.2 Å². The molecule has 2 aromatic rings. The second-order valence-corrected chi connectivity index (χ2v) is 10.6. The summed E-state index contributed by atoms with van der Waals surface area (Å²) in [4.78, 5) is 12.7. The van der Waals surface area contributed by atoms with Crippen molar-refractivity contribution in [3.63, 3.8) is 0 Å². The number of rotatable bonds is 4. The minimum absolute atomic E-state index is 0.149. The Bertz CT molecular complexity index is 996. The van der Waals surface area contributed by atoms with E-state index in [1.165, 1.54) is 41.2 Å². The SMILES string of the molecule is CC1Cc2cc(C(=O)Nc3nnc(C4CCCCC4)s3)ccc2N1S(C)(=O)=O. The van der Waals surface area contributed by atoms with Crippen LogP contribution in [0.3, 0.4) is 0 Å². The Balaban J connectivity index is 1.49. The van der Waals surface area contributed by atoms with Crippen LogP contribution in [0.2, 0.25) is 0 Å². The van der Waals surface area contributed by atoms with Gasteiger partial charge in [0.15, 0.2) is 0 Å². The van der Waals surface area contributed by atoms with Gasteiger partial charge in [-0.25, -0.2) is 8.42 Å². The summed E-state index contributed by atoms with van der Waals surface area (Å²) in [5.74, 6) is 0.208.